The fourth-order valence-corrected chi connectivity index (χ4v) is 4.25. The smallest absolute Gasteiger partial charge is 0.151 e. The van der Waals surface area contributed by atoms with Gasteiger partial charge >= 0.3 is 0 Å². The number of nitrogens with zero attached hydrogens (tertiary/aromatic N) is 3. The van der Waals surface area contributed by atoms with Crippen LogP contribution in [0.2, 0.25) is 0 Å². The molecular weight excluding hydrogens is 328 g/mol. The molecule has 25 heavy (non-hydrogen) atoms. The number of hydrogen-bond donors (Lipinski definition) is 1. The molecule has 2 aromatic heterocycles. The maximum atomic E-state index is 4.24. The third-order valence-corrected chi connectivity index (χ3v) is 5.72. The Hall–Kier alpha value is -2.24. The van der Waals surface area contributed by atoms with E-state index in [1.165, 1.54) is 28.2 Å². The van der Waals surface area contributed by atoms with E-state index in [4.69, 9.17) is 0 Å². The van der Waals surface area contributed by atoms with Crippen molar-refractivity contribution in [3.63, 3.8) is 0 Å². The molecule has 0 bridgehead atoms. The molecule has 3 heterocycles. The maximum absolute atomic E-state index is 4.24. The molecule has 1 aromatic carbocycles. The minimum atomic E-state index is 0.498. The summed E-state index contributed by atoms with van der Waals surface area (Å²) in [5.74, 6) is 0.983. The summed E-state index contributed by atoms with van der Waals surface area (Å²) in [7, 11) is 0. The summed E-state index contributed by atoms with van der Waals surface area (Å²) in [4.78, 5) is 5.05. The number of piperidine rings is 1. The van der Waals surface area contributed by atoms with Crippen molar-refractivity contribution < 1.29 is 0 Å². The maximum Gasteiger partial charge on any atom is 0.151 e. The van der Waals surface area contributed by atoms with Gasteiger partial charge in [-0.05, 0) is 42.7 Å². The lowest BCUT2D eigenvalue weighted by Gasteiger charge is -2.33. The number of anilines is 1. The molecule has 0 spiro atoms. The summed E-state index contributed by atoms with van der Waals surface area (Å²) in [5, 5.41) is 12.0. The van der Waals surface area contributed by atoms with Crippen LogP contribution in [0.1, 0.15) is 17.7 Å². The van der Waals surface area contributed by atoms with E-state index >= 15 is 0 Å². The first-order valence-electron chi connectivity index (χ1n) is 8.79. The van der Waals surface area contributed by atoms with Crippen LogP contribution in [0.15, 0.2) is 60.8 Å². The molecule has 1 aliphatic heterocycles. The monoisotopic (exact) mass is 350 g/mol. The van der Waals surface area contributed by atoms with Crippen LogP contribution in [0.4, 0.5) is 5.82 Å². The number of rotatable bonds is 5. The van der Waals surface area contributed by atoms with Gasteiger partial charge in [-0.25, -0.2) is 0 Å². The second kappa shape index (κ2) is 7.76. The van der Waals surface area contributed by atoms with Crippen molar-refractivity contribution in [2.75, 3.05) is 18.0 Å². The van der Waals surface area contributed by atoms with Crippen LogP contribution in [0.5, 0.6) is 0 Å². The minimum Gasteiger partial charge on any atom is -0.354 e. The molecule has 1 saturated heterocycles. The Labute approximate surface area is 152 Å². The van der Waals surface area contributed by atoms with Gasteiger partial charge in [0.15, 0.2) is 5.82 Å². The van der Waals surface area contributed by atoms with Crippen LogP contribution >= 0.6 is 11.3 Å². The molecule has 1 unspecified atom stereocenters. The van der Waals surface area contributed by atoms with Crippen molar-refractivity contribution in [2.45, 2.75) is 25.4 Å². The van der Waals surface area contributed by atoms with Crippen molar-refractivity contribution in [1.29, 1.82) is 0 Å². The average molecular weight is 350 g/mol. The quantitative estimate of drug-likeness (QED) is 0.756. The molecule has 1 aliphatic rings. The molecule has 5 heteroatoms. The second-order valence-corrected chi connectivity index (χ2v) is 7.55. The Morgan fingerprint density at radius 1 is 1.08 bits per heavy atom. The summed E-state index contributed by atoms with van der Waals surface area (Å²) in [6.07, 6.45) is 4.13. The zero-order valence-corrected chi connectivity index (χ0v) is 15.0. The summed E-state index contributed by atoms with van der Waals surface area (Å²) < 4.78 is 0. The molecule has 1 N–H and O–H groups in total. The first-order valence-corrected chi connectivity index (χ1v) is 9.60. The summed E-state index contributed by atoms with van der Waals surface area (Å²) in [6.45, 7) is 2.99. The third kappa shape index (κ3) is 4.06. The molecular formula is C20H22N4S. The van der Waals surface area contributed by atoms with Crippen molar-refractivity contribution in [2.24, 2.45) is 0 Å². The number of hydrogen-bond acceptors (Lipinski definition) is 5. The SMILES string of the molecule is c1ccc(-c2ccc(CNC3CCCN(c4cccnn4)C3)s2)cc1. The fourth-order valence-electron chi connectivity index (χ4n) is 3.29. The fraction of sp³-hybridized carbons (Fsp3) is 0.300. The van der Waals surface area contributed by atoms with Crippen molar-refractivity contribution >= 4 is 17.2 Å². The predicted octanol–water partition coefficient (Wildman–Crippen LogP) is 3.96. The van der Waals surface area contributed by atoms with Gasteiger partial charge in [-0.3, -0.25) is 0 Å². The molecule has 0 radical (unpaired) electrons. The molecule has 4 nitrogen and oxygen atoms in total. The number of benzene rings is 1. The van der Waals surface area contributed by atoms with E-state index in [-0.39, 0.29) is 0 Å². The standard InChI is InChI=1S/C20H22N4S/c1-2-6-16(7-3-1)19-11-10-18(25-19)14-21-17-8-5-13-24(15-17)20-9-4-12-22-23-20/h1-4,6-7,9-12,17,21H,5,8,13-15H2. The van der Waals surface area contributed by atoms with Crippen LogP contribution in [0.3, 0.4) is 0 Å². The first kappa shape index (κ1) is 16.2. The predicted molar refractivity (Wildman–Crippen MR) is 104 cm³/mol. The van der Waals surface area contributed by atoms with E-state index in [0.717, 1.165) is 25.5 Å². The van der Waals surface area contributed by atoms with Gasteiger partial charge in [-0.2, -0.15) is 5.10 Å². The summed E-state index contributed by atoms with van der Waals surface area (Å²) >= 11 is 1.87. The van der Waals surface area contributed by atoms with Crippen LogP contribution in [0.25, 0.3) is 10.4 Å². The van der Waals surface area contributed by atoms with Crippen molar-refractivity contribution in [3.8, 4) is 10.4 Å². The van der Waals surface area contributed by atoms with Gasteiger partial charge < -0.3 is 10.2 Å². The van der Waals surface area contributed by atoms with Crippen LogP contribution < -0.4 is 10.2 Å². The topological polar surface area (TPSA) is 41.0 Å². The van der Waals surface area contributed by atoms with E-state index in [9.17, 15) is 0 Å². The van der Waals surface area contributed by atoms with Gasteiger partial charge in [0.1, 0.15) is 0 Å². The second-order valence-electron chi connectivity index (χ2n) is 6.38. The van der Waals surface area contributed by atoms with Gasteiger partial charge in [0.05, 0.1) is 0 Å². The zero-order chi connectivity index (χ0) is 16.9. The average Bonchev–Trinajstić information content (AvgIpc) is 3.17. The number of thiophene rings is 1. The van der Waals surface area contributed by atoms with E-state index in [1.807, 2.05) is 23.5 Å². The molecule has 0 amide bonds. The highest BCUT2D eigenvalue weighted by molar-refractivity contribution is 7.15. The van der Waals surface area contributed by atoms with E-state index in [1.54, 1.807) is 6.20 Å². The Kier molecular flexibility index (Phi) is 5.04. The molecule has 1 fully saturated rings. The van der Waals surface area contributed by atoms with Crippen LogP contribution in [-0.4, -0.2) is 29.3 Å². The number of aromatic nitrogens is 2. The summed E-state index contributed by atoms with van der Waals surface area (Å²) in [6, 6.07) is 19.5. The third-order valence-electron chi connectivity index (χ3n) is 4.59. The highest BCUT2D eigenvalue weighted by Gasteiger charge is 2.20. The normalized spacial score (nSPS) is 17.6. The van der Waals surface area contributed by atoms with Crippen LogP contribution in [0, 0.1) is 0 Å². The highest BCUT2D eigenvalue weighted by Crippen LogP contribution is 2.28. The Morgan fingerprint density at radius 2 is 2.00 bits per heavy atom. The molecule has 0 aliphatic carbocycles. The lowest BCUT2D eigenvalue weighted by molar-refractivity contribution is 0.421. The Bertz CT molecular complexity index is 788. The Morgan fingerprint density at radius 3 is 2.84 bits per heavy atom. The molecule has 3 aromatic rings. The highest BCUT2D eigenvalue weighted by atomic mass is 32.1. The van der Waals surface area contributed by atoms with Gasteiger partial charge in [0.2, 0.25) is 0 Å². The Balaban J connectivity index is 1.35. The van der Waals surface area contributed by atoms with Crippen molar-refractivity contribution in [1.82, 2.24) is 15.5 Å². The van der Waals surface area contributed by atoms with Crippen LogP contribution in [-0.2, 0) is 6.54 Å². The summed E-state index contributed by atoms with van der Waals surface area (Å²) in [5.41, 5.74) is 1.30. The largest absolute Gasteiger partial charge is 0.354 e. The van der Waals surface area contributed by atoms with Gasteiger partial charge in [0, 0.05) is 41.6 Å². The lowest BCUT2D eigenvalue weighted by Crippen LogP contribution is -2.45. The van der Waals surface area contributed by atoms with Gasteiger partial charge in [-0.15, -0.1) is 16.4 Å². The first-order chi connectivity index (χ1) is 12.4. The van der Waals surface area contributed by atoms with Gasteiger partial charge in [0.25, 0.3) is 0 Å². The molecule has 128 valence electrons. The molecule has 4 rings (SSSR count). The number of nitrogens with one attached hydrogen (secondary N) is 1. The van der Waals surface area contributed by atoms with Crippen molar-refractivity contribution in [3.05, 3.63) is 65.7 Å². The van der Waals surface area contributed by atoms with E-state index < -0.39 is 0 Å². The molecule has 0 saturated carbocycles. The van der Waals surface area contributed by atoms with E-state index in [2.05, 4.69) is 62.9 Å². The molecule has 1 atom stereocenters. The lowest BCUT2D eigenvalue weighted by atomic mass is 10.1. The van der Waals surface area contributed by atoms with E-state index in [0.29, 0.717) is 6.04 Å². The van der Waals surface area contributed by atoms with Gasteiger partial charge in [-0.1, -0.05) is 30.3 Å². The minimum absolute atomic E-state index is 0.498. The zero-order valence-electron chi connectivity index (χ0n) is 14.1.